The standard InChI is InChI=1S/C46H59N8O7SSi/c1-8-53-32-14-13-26-17-29(32)34-35(39(60-7)36-28(38(34)53)11-9-15-47-36)44(4,5)24-61-41(57)30-12-10-16-54(50-30)42(58)46(63,20-33-48-31(26)21-62-33)49-40(56)37(25(2)3)51(6)43(59)52-22-45(23-52)18-27(55)19-45/h9,11,13-15,17,21,25,27,30,34-35,37-39,50,55H,8,10,12,16,18-20,22-24H2,1-7H3,(H,49,56)/t30-,34?,35?,37-,38?,39-,46+/m0/s1. The minimum Gasteiger partial charge on any atom is -0.464 e. The second kappa shape index (κ2) is 16.2. The van der Waals surface area contributed by atoms with Crippen molar-refractivity contribution in [3.63, 3.8) is 0 Å². The van der Waals surface area contributed by atoms with E-state index < -0.39 is 40.4 Å². The summed E-state index contributed by atoms with van der Waals surface area (Å²) in [5, 5.41) is 15.2. The zero-order chi connectivity index (χ0) is 44.7. The van der Waals surface area contributed by atoms with Crippen molar-refractivity contribution in [3.05, 3.63) is 63.7 Å². The molecule has 3 N–H and O–H groups in total. The molecule has 1 aromatic carbocycles. The van der Waals surface area contributed by atoms with E-state index in [1.54, 1.807) is 19.1 Å². The van der Waals surface area contributed by atoms with Crippen LogP contribution in [0.15, 0.2) is 41.9 Å². The molecule has 6 aliphatic rings. The first-order valence-corrected chi connectivity index (χ1v) is 23.7. The molecule has 4 amide bonds. The summed E-state index contributed by atoms with van der Waals surface area (Å²) in [7, 11) is 7.16. The summed E-state index contributed by atoms with van der Waals surface area (Å²) in [5.74, 6) is -1.96. The number of hydrazine groups is 1. The summed E-state index contributed by atoms with van der Waals surface area (Å²) in [6.07, 6.45) is 3.43. The topological polar surface area (TPSA) is 170 Å². The van der Waals surface area contributed by atoms with E-state index in [2.05, 4.69) is 70.9 Å². The number of carbonyl (C=O) groups excluding carboxylic acids is 4. The van der Waals surface area contributed by atoms with E-state index in [0.29, 0.717) is 43.8 Å². The van der Waals surface area contributed by atoms with Crippen molar-refractivity contribution in [2.45, 2.75) is 108 Å². The summed E-state index contributed by atoms with van der Waals surface area (Å²) >= 11 is 1.40. The Morgan fingerprint density at radius 1 is 1.17 bits per heavy atom. The first-order chi connectivity index (χ1) is 30.0. The molecule has 335 valence electrons. The van der Waals surface area contributed by atoms with Crippen molar-refractivity contribution in [1.29, 1.82) is 0 Å². The minimum atomic E-state index is -1.71. The molecule has 1 saturated carbocycles. The lowest BCUT2D eigenvalue weighted by molar-refractivity contribution is -0.159. The van der Waals surface area contributed by atoms with E-state index in [4.69, 9.17) is 19.4 Å². The van der Waals surface area contributed by atoms with Crippen LogP contribution in [0.5, 0.6) is 0 Å². The Balaban J connectivity index is 1.08. The number of anilines is 1. The van der Waals surface area contributed by atoms with Crippen LogP contribution >= 0.6 is 11.3 Å². The molecule has 2 aliphatic carbocycles. The van der Waals surface area contributed by atoms with Crippen molar-refractivity contribution in [2.24, 2.45) is 22.7 Å². The number of hydrogen-bond donors (Lipinski definition) is 3. The number of nitrogens with zero attached hydrogens (tertiary/aromatic N) is 6. The molecular formula is C46H59N8O7SSi. The molecule has 3 unspecified atom stereocenters. The highest BCUT2D eigenvalue weighted by Gasteiger charge is 2.57. The third-order valence-corrected chi connectivity index (χ3v) is 16.0. The Morgan fingerprint density at radius 3 is 2.63 bits per heavy atom. The van der Waals surface area contributed by atoms with Crippen LogP contribution in [-0.4, -0.2) is 134 Å². The van der Waals surface area contributed by atoms with E-state index in [1.165, 1.54) is 21.2 Å². The van der Waals surface area contributed by atoms with E-state index in [-0.39, 0.29) is 67.0 Å². The maximum Gasteiger partial charge on any atom is 0.324 e. The third-order valence-electron chi connectivity index (χ3n) is 14.6. The fourth-order valence-corrected chi connectivity index (χ4v) is 13.1. The molecule has 6 bridgehead atoms. The van der Waals surface area contributed by atoms with Gasteiger partial charge in [0.1, 0.15) is 23.3 Å². The average Bonchev–Trinajstić information content (AvgIpc) is 3.83. The molecule has 63 heavy (non-hydrogen) atoms. The van der Waals surface area contributed by atoms with E-state index in [0.717, 1.165) is 40.3 Å². The second-order valence-corrected chi connectivity index (χ2v) is 21.6. The number of rotatable bonds is 6. The Hall–Kier alpha value is -4.42. The molecule has 15 nitrogen and oxygen atoms in total. The molecule has 2 aromatic heterocycles. The number of pyridine rings is 1. The Bertz CT molecular complexity index is 2290. The highest BCUT2D eigenvalue weighted by Crippen LogP contribution is 2.63. The van der Waals surface area contributed by atoms with Crippen LogP contribution in [-0.2, 0) is 30.3 Å². The summed E-state index contributed by atoms with van der Waals surface area (Å²) in [6, 6.07) is 8.61. The van der Waals surface area contributed by atoms with Crippen LogP contribution in [0.25, 0.3) is 11.3 Å². The fourth-order valence-electron chi connectivity index (χ4n) is 11.7. The number of amides is 4. The van der Waals surface area contributed by atoms with Crippen molar-refractivity contribution in [2.75, 3.05) is 51.8 Å². The van der Waals surface area contributed by atoms with Gasteiger partial charge in [-0.05, 0) is 67.9 Å². The quantitative estimate of drug-likeness (QED) is 0.238. The highest BCUT2D eigenvalue weighted by atomic mass is 32.1. The number of cyclic esters (lactones) is 1. The van der Waals surface area contributed by atoms with Gasteiger partial charge in [-0.15, -0.1) is 11.3 Å². The smallest absolute Gasteiger partial charge is 0.324 e. The number of carbonyl (C=O) groups is 4. The number of urea groups is 1. The van der Waals surface area contributed by atoms with Crippen LogP contribution in [0, 0.1) is 22.7 Å². The molecule has 3 aromatic rings. The predicted molar refractivity (Wildman–Crippen MR) is 238 cm³/mol. The summed E-state index contributed by atoms with van der Waals surface area (Å²) in [5.41, 5.74) is 8.51. The summed E-state index contributed by atoms with van der Waals surface area (Å²) < 4.78 is 12.6. The Labute approximate surface area is 376 Å². The molecule has 2 saturated heterocycles. The second-order valence-electron chi connectivity index (χ2n) is 19.8. The number of esters is 1. The largest absolute Gasteiger partial charge is 0.464 e. The van der Waals surface area contributed by atoms with Crippen LogP contribution in [0.4, 0.5) is 10.5 Å². The van der Waals surface area contributed by atoms with Gasteiger partial charge in [-0.2, -0.15) is 0 Å². The van der Waals surface area contributed by atoms with Gasteiger partial charge in [0.2, 0.25) is 5.91 Å². The number of methoxy groups -OCH3 is 1. The Morgan fingerprint density at radius 2 is 1.94 bits per heavy atom. The Kier molecular flexibility index (Phi) is 11.3. The van der Waals surface area contributed by atoms with Crippen LogP contribution in [0.1, 0.15) is 100 Å². The van der Waals surface area contributed by atoms with Gasteiger partial charge in [0.05, 0.1) is 45.4 Å². The van der Waals surface area contributed by atoms with E-state index in [1.807, 2.05) is 31.5 Å². The summed E-state index contributed by atoms with van der Waals surface area (Å²) in [6.45, 7) is 12.4. The number of ether oxygens (including phenoxy) is 2. The molecule has 9 rings (SSSR count). The van der Waals surface area contributed by atoms with Gasteiger partial charge in [-0.1, -0.05) is 39.8 Å². The van der Waals surface area contributed by atoms with Crippen LogP contribution in [0.2, 0.25) is 0 Å². The van der Waals surface area contributed by atoms with Gasteiger partial charge in [-0.3, -0.25) is 24.4 Å². The number of aliphatic hydroxyl groups excluding tert-OH is 1. The van der Waals surface area contributed by atoms with Gasteiger partial charge < -0.3 is 34.6 Å². The monoisotopic (exact) mass is 895 g/mol. The van der Waals surface area contributed by atoms with E-state index in [9.17, 15) is 24.3 Å². The number of likely N-dealkylation sites (N-methyl/N-ethyl adjacent to an activating group) is 2. The van der Waals surface area contributed by atoms with Gasteiger partial charge >= 0.3 is 12.0 Å². The maximum atomic E-state index is 14.9. The number of aromatic nitrogens is 2. The van der Waals surface area contributed by atoms with Crippen molar-refractivity contribution < 1.29 is 33.8 Å². The number of hydrogen-bond acceptors (Lipinski definition) is 12. The van der Waals surface area contributed by atoms with E-state index >= 15 is 0 Å². The van der Waals surface area contributed by atoms with Gasteiger partial charge in [-0.25, -0.2) is 15.2 Å². The number of nitrogens with one attached hydrogen (secondary N) is 2. The van der Waals surface area contributed by atoms with Gasteiger partial charge in [0.25, 0.3) is 5.91 Å². The minimum absolute atomic E-state index is 0.0132. The SMILES string of the molecule is CCN1c2ccc3cc2C2C1c1cccnc1[C@@H](OC)C2C(C)(C)COC(=O)[C@@H]1CCCN(N1)C(=O)[C@@]([Si])(NC(=O)[C@H](C(C)C)N(C)C(=O)N1CC2(CC(O)C2)C1)Cc1nc-3cs1. The molecule has 4 aliphatic heterocycles. The lowest BCUT2D eigenvalue weighted by Gasteiger charge is -2.58. The maximum absolute atomic E-state index is 14.9. The molecule has 1 spiro atoms. The lowest BCUT2D eigenvalue weighted by atomic mass is 9.61. The normalized spacial score (nSPS) is 28.9. The zero-order valence-electron chi connectivity index (χ0n) is 37.2. The number of thiazole rings is 1. The van der Waals surface area contributed by atoms with Crippen molar-refractivity contribution >= 4 is 51.1 Å². The van der Waals surface area contributed by atoms with Crippen molar-refractivity contribution in [3.8, 4) is 11.3 Å². The van der Waals surface area contributed by atoms with Crippen LogP contribution in [0.3, 0.4) is 0 Å². The third kappa shape index (κ3) is 7.44. The first-order valence-electron chi connectivity index (χ1n) is 22.3. The molecule has 3 fully saturated rings. The van der Waals surface area contributed by atoms with Gasteiger partial charge in [0, 0.05) is 92.3 Å². The number of aliphatic hydroxyl groups is 1. The molecular weight excluding hydrogens is 837 g/mol. The number of likely N-dealkylation sites (tertiary alicyclic amines) is 1. The number of fused-ring (bicyclic) bond motifs is 8. The molecule has 3 radical (unpaired) electrons. The molecule has 7 atom stereocenters. The summed E-state index contributed by atoms with van der Waals surface area (Å²) in [4.78, 5) is 73.0. The predicted octanol–water partition coefficient (Wildman–Crippen LogP) is 4.32. The van der Waals surface area contributed by atoms with Crippen LogP contribution < -0.4 is 15.6 Å². The first kappa shape index (κ1) is 43.8. The number of benzene rings is 1. The van der Waals surface area contributed by atoms with Crippen molar-refractivity contribution in [1.82, 2.24) is 35.5 Å². The average molecular weight is 896 g/mol. The molecule has 17 heteroatoms. The highest BCUT2D eigenvalue weighted by molar-refractivity contribution is 7.10. The fraction of sp³-hybridized carbons (Fsp3) is 0.609. The van der Waals surface area contributed by atoms with Gasteiger partial charge in [0.15, 0.2) is 0 Å². The lowest BCUT2D eigenvalue weighted by Crippen LogP contribution is -2.70. The molecule has 6 heterocycles. The zero-order valence-corrected chi connectivity index (χ0v) is 39.0.